The number of hydrogen-bond acceptors (Lipinski definition) is 3. The molecule has 2 rings (SSSR count). The van der Waals surface area contributed by atoms with Crippen LogP contribution >= 0.6 is 0 Å². The molecule has 3 nitrogen and oxygen atoms in total. The first-order chi connectivity index (χ1) is 8.15. The van der Waals surface area contributed by atoms with Crippen molar-refractivity contribution in [3.8, 4) is 0 Å². The predicted molar refractivity (Wildman–Crippen MR) is 70.8 cm³/mol. The van der Waals surface area contributed by atoms with Crippen LogP contribution in [-0.2, 0) is 9.84 Å². The van der Waals surface area contributed by atoms with E-state index in [-0.39, 0.29) is 11.3 Å². The van der Waals surface area contributed by atoms with Gasteiger partial charge in [-0.2, -0.15) is 0 Å². The van der Waals surface area contributed by atoms with E-state index in [4.69, 9.17) is 0 Å². The Morgan fingerprint density at radius 1 is 1.12 bits per heavy atom. The van der Waals surface area contributed by atoms with Gasteiger partial charge in [0.05, 0.1) is 11.0 Å². The summed E-state index contributed by atoms with van der Waals surface area (Å²) < 4.78 is 24.4. The Kier molecular flexibility index (Phi) is 4.47. The van der Waals surface area contributed by atoms with Gasteiger partial charge in [0.1, 0.15) is 0 Å². The molecule has 2 unspecified atom stereocenters. The van der Waals surface area contributed by atoms with Gasteiger partial charge in [0.2, 0.25) is 0 Å². The molecule has 1 heterocycles. The van der Waals surface area contributed by atoms with Crippen LogP contribution in [0.15, 0.2) is 0 Å². The van der Waals surface area contributed by atoms with Crippen molar-refractivity contribution in [2.45, 2.75) is 63.2 Å². The molecule has 2 fully saturated rings. The molecule has 1 aliphatic heterocycles. The van der Waals surface area contributed by atoms with Gasteiger partial charge in [-0.3, -0.25) is 0 Å². The van der Waals surface area contributed by atoms with E-state index in [0.29, 0.717) is 11.7 Å². The summed E-state index contributed by atoms with van der Waals surface area (Å²) in [5.41, 5.74) is 0. The minimum atomic E-state index is -2.84. The summed E-state index contributed by atoms with van der Waals surface area (Å²) in [6.45, 7) is 2.96. The van der Waals surface area contributed by atoms with E-state index in [1.807, 2.05) is 0 Å². The molecule has 17 heavy (non-hydrogen) atoms. The molecule has 1 aliphatic carbocycles. The van der Waals surface area contributed by atoms with Crippen LogP contribution in [0.2, 0.25) is 0 Å². The van der Waals surface area contributed by atoms with Gasteiger partial charge in [0.15, 0.2) is 9.84 Å². The molecular formula is C13H25NO2S. The fourth-order valence-corrected chi connectivity index (χ4v) is 5.74. The van der Waals surface area contributed by atoms with E-state index in [1.165, 1.54) is 25.7 Å². The average Bonchev–Trinajstić information content (AvgIpc) is 2.79. The maximum atomic E-state index is 12.2. The summed E-state index contributed by atoms with van der Waals surface area (Å²) in [6.07, 6.45) is 7.80. The molecule has 0 aromatic rings. The highest BCUT2D eigenvalue weighted by atomic mass is 32.2. The maximum absolute atomic E-state index is 12.2. The van der Waals surface area contributed by atoms with Crippen molar-refractivity contribution in [1.29, 1.82) is 0 Å². The van der Waals surface area contributed by atoms with E-state index in [2.05, 4.69) is 12.2 Å². The van der Waals surface area contributed by atoms with Crippen LogP contribution in [0.4, 0.5) is 0 Å². The number of hydrogen-bond donors (Lipinski definition) is 1. The normalized spacial score (nSPS) is 31.5. The highest BCUT2D eigenvalue weighted by molar-refractivity contribution is 7.92. The zero-order chi connectivity index (χ0) is 12.3. The Labute approximate surface area is 105 Å². The summed E-state index contributed by atoms with van der Waals surface area (Å²) in [6, 6.07) is 0.216. The lowest BCUT2D eigenvalue weighted by Crippen LogP contribution is -2.50. The lowest BCUT2D eigenvalue weighted by molar-refractivity contribution is 0.331. The topological polar surface area (TPSA) is 46.2 Å². The van der Waals surface area contributed by atoms with Crippen LogP contribution in [0.5, 0.6) is 0 Å². The van der Waals surface area contributed by atoms with Gasteiger partial charge in [-0.05, 0) is 38.1 Å². The Morgan fingerprint density at radius 3 is 2.35 bits per heavy atom. The molecule has 0 amide bonds. The van der Waals surface area contributed by atoms with Gasteiger partial charge in [-0.25, -0.2) is 8.42 Å². The standard InChI is InChI=1S/C13H25NO2S/c1-2-14-13(11-7-3-4-8-11)12-9-5-6-10-17(12,15)16/h11-14H,2-10H2,1H3. The third-order valence-electron chi connectivity index (χ3n) is 4.38. The molecule has 1 N–H and O–H groups in total. The second kappa shape index (κ2) is 5.70. The van der Waals surface area contributed by atoms with Crippen molar-refractivity contribution in [3.05, 3.63) is 0 Å². The fraction of sp³-hybridized carbons (Fsp3) is 1.00. The Hall–Kier alpha value is -0.0900. The second-order valence-corrected chi connectivity index (χ2v) is 7.87. The molecule has 0 spiro atoms. The first-order valence-electron chi connectivity index (χ1n) is 7.10. The van der Waals surface area contributed by atoms with Crippen LogP contribution in [-0.4, -0.2) is 32.0 Å². The molecule has 0 aromatic carbocycles. The average molecular weight is 259 g/mol. The Morgan fingerprint density at radius 2 is 1.76 bits per heavy atom. The van der Waals surface area contributed by atoms with Crippen molar-refractivity contribution in [2.24, 2.45) is 5.92 Å². The number of nitrogens with one attached hydrogen (secondary N) is 1. The van der Waals surface area contributed by atoms with Gasteiger partial charge in [0.25, 0.3) is 0 Å². The van der Waals surface area contributed by atoms with E-state index < -0.39 is 9.84 Å². The Balaban J connectivity index is 2.13. The molecule has 4 heteroatoms. The highest BCUT2D eigenvalue weighted by Crippen LogP contribution is 2.34. The molecule has 100 valence electrons. The summed E-state index contributed by atoms with van der Waals surface area (Å²) in [4.78, 5) is 0. The molecule has 1 saturated heterocycles. The molecule has 0 bridgehead atoms. The highest BCUT2D eigenvalue weighted by Gasteiger charge is 2.39. The molecular weight excluding hydrogens is 234 g/mol. The lowest BCUT2D eigenvalue weighted by Gasteiger charge is -2.34. The largest absolute Gasteiger partial charge is 0.313 e. The third-order valence-corrected chi connectivity index (χ3v) is 6.69. The van der Waals surface area contributed by atoms with Crippen LogP contribution in [0, 0.1) is 5.92 Å². The minimum absolute atomic E-state index is 0.112. The van der Waals surface area contributed by atoms with Gasteiger partial charge in [-0.15, -0.1) is 0 Å². The van der Waals surface area contributed by atoms with E-state index in [1.54, 1.807) is 0 Å². The zero-order valence-electron chi connectivity index (χ0n) is 10.8. The quantitative estimate of drug-likeness (QED) is 0.841. The van der Waals surface area contributed by atoms with Crippen LogP contribution in [0.1, 0.15) is 51.9 Å². The third kappa shape index (κ3) is 3.02. The minimum Gasteiger partial charge on any atom is -0.313 e. The number of rotatable bonds is 4. The summed E-state index contributed by atoms with van der Waals surface area (Å²) in [5, 5.41) is 3.36. The zero-order valence-corrected chi connectivity index (χ0v) is 11.6. The van der Waals surface area contributed by atoms with Crippen LogP contribution in [0.3, 0.4) is 0 Å². The monoisotopic (exact) mass is 259 g/mol. The van der Waals surface area contributed by atoms with Crippen molar-refractivity contribution < 1.29 is 8.42 Å². The molecule has 2 aliphatic rings. The lowest BCUT2D eigenvalue weighted by atomic mass is 9.92. The maximum Gasteiger partial charge on any atom is 0.154 e. The van der Waals surface area contributed by atoms with Crippen LogP contribution in [0.25, 0.3) is 0 Å². The summed E-state index contributed by atoms with van der Waals surface area (Å²) in [5.74, 6) is 1.000. The predicted octanol–water partition coefficient (Wildman–Crippen LogP) is 2.12. The van der Waals surface area contributed by atoms with Gasteiger partial charge < -0.3 is 5.32 Å². The van der Waals surface area contributed by atoms with Crippen molar-refractivity contribution in [3.63, 3.8) is 0 Å². The molecule has 1 saturated carbocycles. The summed E-state index contributed by atoms with van der Waals surface area (Å²) >= 11 is 0. The van der Waals surface area contributed by atoms with Gasteiger partial charge in [0, 0.05) is 6.04 Å². The smallest absolute Gasteiger partial charge is 0.154 e. The summed E-state index contributed by atoms with van der Waals surface area (Å²) in [7, 11) is -2.84. The first-order valence-corrected chi connectivity index (χ1v) is 8.81. The van der Waals surface area contributed by atoms with Gasteiger partial charge in [-0.1, -0.05) is 26.2 Å². The van der Waals surface area contributed by atoms with Crippen molar-refractivity contribution in [1.82, 2.24) is 5.32 Å². The molecule has 0 aromatic heterocycles. The SMILES string of the molecule is CCNC(C1CCCC1)C1CCCCS1(=O)=O. The van der Waals surface area contributed by atoms with Crippen molar-refractivity contribution >= 4 is 9.84 Å². The van der Waals surface area contributed by atoms with Crippen LogP contribution < -0.4 is 5.32 Å². The van der Waals surface area contributed by atoms with E-state index >= 15 is 0 Å². The second-order valence-electron chi connectivity index (χ2n) is 5.53. The van der Waals surface area contributed by atoms with Crippen molar-refractivity contribution in [2.75, 3.05) is 12.3 Å². The van der Waals surface area contributed by atoms with E-state index in [0.717, 1.165) is 25.8 Å². The number of sulfone groups is 1. The molecule has 0 radical (unpaired) electrons. The fourth-order valence-electron chi connectivity index (χ4n) is 3.54. The van der Waals surface area contributed by atoms with Gasteiger partial charge >= 0.3 is 0 Å². The molecule has 2 atom stereocenters. The first kappa shape index (κ1) is 13.3. The Bertz CT molecular complexity index is 333. The van der Waals surface area contributed by atoms with E-state index in [9.17, 15) is 8.42 Å².